The number of aromatic nitrogens is 2. The van der Waals surface area contributed by atoms with Crippen molar-refractivity contribution in [1.29, 1.82) is 0 Å². The van der Waals surface area contributed by atoms with Gasteiger partial charge in [-0.05, 0) is 71.8 Å². The van der Waals surface area contributed by atoms with E-state index in [-0.39, 0.29) is 5.56 Å². The number of hydrogen-bond acceptors (Lipinski definition) is 7. The number of rotatable bonds is 12. The van der Waals surface area contributed by atoms with Crippen LogP contribution in [0, 0.1) is 0 Å². The SMILES string of the molecule is CCCCCCCCNc1ccc(-c2nc3c4ccccc4c4ccccc4c3n2-c2ccc(OC(=O)c3cc(N)sc3N)cc2)cc1. The molecule has 8 heteroatoms. The Hall–Kier alpha value is -5.34. The van der Waals surface area contributed by atoms with E-state index < -0.39 is 5.97 Å². The number of hydrogen-bond donors (Lipinski definition) is 3. The van der Waals surface area contributed by atoms with Crippen LogP contribution in [-0.2, 0) is 0 Å². The van der Waals surface area contributed by atoms with Crippen LogP contribution in [0.1, 0.15) is 55.8 Å². The van der Waals surface area contributed by atoms with E-state index in [1.54, 1.807) is 18.2 Å². The lowest BCUT2D eigenvalue weighted by atomic mass is 10.00. The molecule has 0 aliphatic heterocycles. The summed E-state index contributed by atoms with van der Waals surface area (Å²) in [4.78, 5) is 18.2. The maximum absolute atomic E-state index is 12.8. The van der Waals surface area contributed by atoms with E-state index in [1.165, 1.54) is 49.3 Å². The third-order valence-corrected chi connectivity index (χ3v) is 9.63. The molecule has 7 nitrogen and oxygen atoms in total. The molecule has 0 spiro atoms. The summed E-state index contributed by atoms with van der Waals surface area (Å²) in [6.07, 6.45) is 7.64. The van der Waals surface area contributed by atoms with Gasteiger partial charge in [0.2, 0.25) is 0 Å². The van der Waals surface area contributed by atoms with E-state index in [4.69, 9.17) is 21.2 Å². The fourth-order valence-corrected chi connectivity index (χ4v) is 7.12. The molecule has 0 atom stereocenters. The summed E-state index contributed by atoms with van der Waals surface area (Å²) in [5, 5.41) is 8.95. The van der Waals surface area contributed by atoms with Crippen molar-refractivity contribution in [1.82, 2.24) is 9.55 Å². The minimum Gasteiger partial charge on any atom is -0.423 e. The van der Waals surface area contributed by atoms with Crippen molar-refractivity contribution in [3.8, 4) is 22.8 Å². The topological polar surface area (TPSA) is 108 Å². The van der Waals surface area contributed by atoms with Crippen LogP contribution in [0.4, 0.5) is 15.7 Å². The molecule has 0 unspecified atom stereocenters. The second kappa shape index (κ2) is 13.8. The van der Waals surface area contributed by atoms with Crippen molar-refractivity contribution < 1.29 is 9.53 Å². The van der Waals surface area contributed by atoms with Crippen molar-refractivity contribution in [2.75, 3.05) is 23.3 Å². The third kappa shape index (κ3) is 6.19. The number of ether oxygens (including phenoxy) is 1. The predicted molar refractivity (Wildman–Crippen MR) is 201 cm³/mol. The second-order valence-corrected chi connectivity index (χ2v) is 13.3. The van der Waals surface area contributed by atoms with Crippen molar-refractivity contribution in [2.45, 2.75) is 45.4 Å². The van der Waals surface area contributed by atoms with Gasteiger partial charge in [-0.25, -0.2) is 9.78 Å². The maximum atomic E-state index is 12.8. The zero-order valence-corrected chi connectivity index (χ0v) is 27.9. The molecule has 0 radical (unpaired) electrons. The average molecular weight is 654 g/mol. The first-order chi connectivity index (χ1) is 23.5. The van der Waals surface area contributed by atoms with Gasteiger partial charge in [0.1, 0.15) is 16.6 Å². The minimum atomic E-state index is -0.537. The van der Waals surface area contributed by atoms with E-state index in [0.717, 1.165) is 62.5 Å². The summed E-state index contributed by atoms with van der Waals surface area (Å²) in [6.45, 7) is 3.22. The zero-order valence-electron chi connectivity index (χ0n) is 27.0. The number of carbonyl (C=O) groups excluding carboxylic acids is 1. The summed E-state index contributed by atoms with van der Waals surface area (Å²) in [7, 11) is 0. The van der Waals surface area contributed by atoms with Crippen LogP contribution in [0.5, 0.6) is 5.75 Å². The van der Waals surface area contributed by atoms with Crippen LogP contribution in [0.2, 0.25) is 0 Å². The van der Waals surface area contributed by atoms with Crippen LogP contribution in [0.15, 0.2) is 103 Å². The molecule has 2 aromatic heterocycles. The van der Waals surface area contributed by atoms with E-state index in [2.05, 4.69) is 89.6 Å². The number of nitrogens with zero attached hydrogens (tertiary/aromatic N) is 2. The molecule has 7 rings (SSSR count). The van der Waals surface area contributed by atoms with Crippen LogP contribution < -0.4 is 21.5 Å². The van der Waals surface area contributed by atoms with Crippen LogP contribution in [0.25, 0.3) is 49.7 Å². The molecule has 0 fully saturated rings. The van der Waals surface area contributed by atoms with E-state index in [1.807, 2.05) is 12.1 Å². The monoisotopic (exact) mass is 653 g/mol. The average Bonchev–Trinajstić information content (AvgIpc) is 3.68. The summed E-state index contributed by atoms with van der Waals surface area (Å²) in [5.74, 6) is 0.708. The number of unbranched alkanes of at least 4 members (excludes halogenated alkanes) is 5. The number of benzene rings is 5. The minimum absolute atomic E-state index is 0.271. The van der Waals surface area contributed by atoms with E-state index in [0.29, 0.717) is 15.8 Å². The van der Waals surface area contributed by atoms with Gasteiger partial charge in [0.15, 0.2) is 0 Å². The summed E-state index contributed by atoms with van der Waals surface area (Å²) in [6, 6.07) is 34.5. The van der Waals surface area contributed by atoms with Gasteiger partial charge in [0.25, 0.3) is 0 Å². The molecular formula is C40H39N5O2S. The highest BCUT2D eigenvalue weighted by Gasteiger charge is 2.21. The molecule has 0 amide bonds. The molecule has 5 aromatic carbocycles. The lowest BCUT2D eigenvalue weighted by Crippen LogP contribution is -2.09. The van der Waals surface area contributed by atoms with Crippen LogP contribution in [0.3, 0.4) is 0 Å². The number of anilines is 3. The standard InChI is InChI=1S/C40H39N5O2S/c1-2-3-4-5-6-11-24-43-27-18-16-26(17-19-27)39-44-36-32-14-9-7-12-30(32)31-13-8-10-15-33(31)37(36)45(39)28-20-22-29(23-21-28)47-40(46)34-25-35(41)48-38(34)42/h7-10,12-23,25,43H,2-6,11,24,41-42H2,1H3. The Kier molecular flexibility index (Phi) is 8.99. The number of thiophene rings is 1. The van der Waals surface area contributed by atoms with Crippen LogP contribution in [-0.4, -0.2) is 22.1 Å². The molecule has 7 aromatic rings. The Balaban J connectivity index is 1.27. The largest absolute Gasteiger partial charge is 0.423 e. The van der Waals surface area contributed by atoms with Gasteiger partial charge in [-0.3, -0.25) is 4.57 Å². The Bertz CT molecular complexity index is 2220. The second-order valence-electron chi connectivity index (χ2n) is 12.1. The Morgan fingerprint density at radius 2 is 1.44 bits per heavy atom. The van der Waals surface area contributed by atoms with Gasteiger partial charge in [0, 0.05) is 34.3 Å². The summed E-state index contributed by atoms with van der Waals surface area (Å²) in [5.41, 5.74) is 17.1. The highest BCUT2D eigenvalue weighted by atomic mass is 32.1. The van der Waals surface area contributed by atoms with E-state index >= 15 is 0 Å². The quantitative estimate of drug-likeness (QED) is 0.0524. The van der Waals surface area contributed by atoms with Gasteiger partial charge < -0.3 is 21.5 Å². The summed E-state index contributed by atoms with van der Waals surface area (Å²) < 4.78 is 7.89. The molecule has 48 heavy (non-hydrogen) atoms. The lowest BCUT2D eigenvalue weighted by molar-refractivity contribution is 0.0736. The van der Waals surface area contributed by atoms with Gasteiger partial charge in [-0.15, -0.1) is 11.3 Å². The summed E-state index contributed by atoms with van der Waals surface area (Å²) >= 11 is 1.16. The number of esters is 1. The number of carbonyl (C=O) groups is 1. The fraction of sp³-hybridized carbons (Fsp3) is 0.200. The first-order valence-electron chi connectivity index (χ1n) is 16.7. The van der Waals surface area contributed by atoms with Gasteiger partial charge >= 0.3 is 5.97 Å². The third-order valence-electron chi connectivity index (χ3n) is 8.84. The molecule has 5 N–H and O–H groups in total. The highest BCUT2D eigenvalue weighted by Crippen LogP contribution is 2.39. The van der Waals surface area contributed by atoms with Crippen LogP contribution >= 0.6 is 11.3 Å². The first kappa shape index (κ1) is 31.3. The molecule has 0 aliphatic carbocycles. The van der Waals surface area contributed by atoms with Gasteiger partial charge in [0.05, 0.1) is 21.6 Å². The number of nitrogen functional groups attached to an aromatic ring is 2. The zero-order chi connectivity index (χ0) is 33.0. The molecule has 2 heterocycles. The molecule has 0 saturated carbocycles. The first-order valence-corrected chi connectivity index (χ1v) is 17.5. The number of nitrogens with two attached hydrogens (primary N) is 2. The Morgan fingerprint density at radius 3 is 2.12 bits per heavy atom. The molecule has 242 valence electrons. The number of nitrogens with one attached hydrogen (secondary N) is 1. The molecular weight excluding hydrogens is 615 g/mol. The van der Waals surface area contributed by atoms with Gasteiger partial charge in [-0.1, -0.05) is 87.6 Å². The number of fused-ring (bicyclic) bond motifs is 6. The van der Waals surface area contributed by atoms with Gasteiger partial charge in [-0.2, -0.15) is 0 Å². The Labute approximate surface area is 284 Å². The van der Waals surface area contributed by atoms with Crippen molar-refractivity contribution >= 4 is 65.6 Å². The highest BCUT2D eigenvalue weighted by molar-refractivity contribution is 7.20. The van der Waals surface area contributed by atoms with Crippen molar-refractivity contribution in [3.63, 3.8) is 0 Å². The Morgan fingerprint density at radius 1 is 0.792 bits per heavy atom. The smallest absolute Gasteiger partial charge is 0.346 e. The molecule has 0 aliphatic rings. The number of imidazole rings is 1. The fourth-order valence-electron chi connectivity index (χ4n) is 6.44. The van der Waals surface area contributed by atoms with Crippen molar-refractivity contribution in [3.05, 3.63) is 109 Å². The van der Waals surface area contributed by atoms with Crippen molar-refractivity contribution in [2.24, 2.45) is 0 Å². The lowest BCUT2D eigenvalue weighted by Gasteiger charge is -2.13. The maximum Gasteiger partial charge on any atom is 0.346 e. The molecule has 0 saturated heterocycles. The predicted octanol–water partition coefficient (Wildman–Crippen LogP) is 10.2. The van der Waals surface area contributed by atoms with E-state index in [9.17, 15) is 4.79 Å². The normalized spacial score (nSPS) is 11.4. The molecule has 0 bridgehead atoms.